The van der Waals surface area contributed by atoms with Gasteiger partial charge in [0.1, 0.15) is 5.82 Å². The highest BCUT2D eigenvalue weighted by Gasteiger charge is 2.40. The van der Waals surface area contributed by atoms with Crippen LogP contribution in [-0.2, 0) is 15.3 Å². The highest BCUT2D eigenvalue weighted by Crippen LogP contribution is 2.36. The average Bonchev–Trinajstić information content (AvgIpc) is 2.49. The molecule has 4 heteroatoms. The van der Waals surface area contributed by atoms with E-state index in [0.29, 0.717) is 0 Å². The van der Waals surface area contributed by atoms with E-state index in [2.05, 4.69) is 13.8 Å². The Morgan fingerprint density at radius 2 is 1.62 bits per heavy atom. The summed E-state index contributed by atoms with van der Waals surface area (Å²) in [4.78, 5) is 0. The zero-order valence-corrected chi connectivity index (χ0v) is 14.2. The van der Waals surface area contributed by atoms with E-state index in [4.69, 9.17) is 8.85 Å². The van der Waals surface area contributed by atoms with Crippen molar-refractivity contribution in [2.75, 3.05) is 13.2 Å². The van der Waals surface area contributed by atoms with Crippen molar-refractivity contribution in [3.63, 3.8) is 0 Å². The Morgan fingerprint density at radius 1 is 1.05 bits per heavy atom. The molecule has 0 N–H and O–H groups in total. The molecule has 2 rings (SSSR count). The van der Waals surface area contributed by atoms with Crippen LogP contribution in [0.1, 0.15) is 38.7 Å². The summed E-state index contributed by atoms with van der Waals surface area (Å²) >= 11 is 0. The van der Waals surface area contributed by atoms with Crippen LogP contribution in [0.3, 0.4) is 0 Å². The van der Waals surface area contributed by atoms with Gasteiger partial charge in [-0.05, 0) is 75.2 Å². The van der Waals surface area contributed by atoms with Gasteiger partial charge in [-0.1, -0.05) is 12.1 Å². The number of aryl methyl sites for hydroxylation is 1. The number of hydrogen-bond acceptors (Lipinski definition) is 2. The molecule has 1 aliphatic rings. The van der Waals surface area contributed by atoms with E-state index in [0.717, 1.165) is 37.6 Å². The van der Waals surface area contributed by atoms with Crippen LogP contribution in [0.2, 0.25) is 12.1 Å². The van der Waals surface area contributed by atoms with Crippen molar-refractivity contribution in [2.24, 2.45) is 5.92 Å². The molecule has 1 aromatic rings. The van der Waals surface area contributed by atoms with Gasteiger partial charge in [0.2, 0.25) is 0 Å². The van der Waals surface area contributed by atoms with Crippen LogP contribution in [0.5, 0.6) is 0 Å². The Balaban J connectivity index is 1.79. The first-order valence-electron chi connectivity index (χ1n) is 8.20. The molecule has 0 atom stereocenters. The van der Waals surface area contributed by atoms with E-state index < -0.39 is 8.56 Å². The van der Waals surface area contributed by atoms with Gasteiger partial charge in [0.15, 0.2) is 0 Å². The van der Waals surface area contributed by atoms with Crippen LogP contribution in [-0.4, -0.2) is 21.8 Å². The second kappa shape index (κ2) is 8.06. The second-order valence-corrected chi connectivity index (χ2v) is 9.28. The lowest BCUT2D eigenvalue weighted by Gasteiger charge is -2.36. The van der Waals surface area contributed by atoms with Crippen LogP contribution < -0.4 is 0 Å². The summed E-state index contributed by atoms with van der Waals surface area (Å²) in [6, 6.07) is 9.16. The van der Waals surface area contributed by atoms with Crippen molar-refractivity contribution < 1.29 is 13.2 Å². The lowest BCUT2D eigenvalue weighted by molar-refractivity contribution is 0.168. The molecule has 1 heterocycles. The zero-order valence-electron chi connectivity index (χ0n) is 13.2. The Hall–Kier alpha value is -0.713. The third-order valence-electron chi connectivity index (χ3n) is 4.44. The van der Waals surface area contributed by atoms with Crippen LogP contribution >= 0.6 is 0 Å². The van der Waals surface area contributed by atoms with Gasteiger partial charge in [0.05, 0.1) is 0 Å². The molecule has 0 saturated carbocycles. The summed E-state index contributed by atoms with van der Waals surface area (Å²) in [6.45, 7) is 5.67. The number of hydrogen-bond donors (Lipinski definition) is 0. The fraction of sp³-hybridized carbons (Fsp3) is 0.647. The average molecular weight is 310 g/mol. The SMILES string of the molecule is CCO[Si]1(OCC)CCC(CCc2ccc(F)cc2)CC1. The predicted octanol–water partition coefficient (Wildman–Crippen LogP) is 4.68. The van der Waals surface area contributed by atoms with Gasteiger partial charge >= 0.3 is 8.56 Å². The largest absolute Gasteiger partial charge is 0.394 e. The quantitative estimate of drug-likeness (QED) is 0.681. The maximum atomic E-state index is 12.9. The van der Waals surface area contributed by atoms with E-state index in [1.54, 1.807) is 12.1 Å². The molecule has 0 aliphatic carbocycles. The lowest BCUT2D eigenvalue weighted by Crippen LogP contribution is -2.45. The Kier molecular flexibility index (Phi) is 6.39. The first-order valence-corrected chi connectivity index (χ1v) is 10.4. The zero-order chi connectivity index (χ0) is 15.1. The van der Waals surface area contributed by atoms with Crippen molar-refractivity contribution in [1.29, 1.82) is 0 Å². The van der Waals surface area contributed by atoms with Crippen LogP contribution in [0, 0.1) is 11.7 Å². The molecule has 0 radical (unpaired) electrons. The molecule has 1 fully saturated rings. The number of benzene rings is 1. The molecule has 21 heavy (non-hydrogen) atoms. The highest BCUT2D eigenvalue weighted by molar-refractivity contribution is 6.67. The molecule has 0 amide bonds. The van der Waals surface area contributed by atoms with Gasteiger partial charge in [0.25, 0.3) is 0 Å². The molecule has 0 bridgehead atoms. The third kappa shape index (κ3) is 4.90. The molecule has 0 unspecified atom stereocenters. The third-order valence-corrected chi connectivity index (χ3v) is 8.17. The van der Waals surface area contributed by atoms with Gasteiger partial charge in [-0.2, -0.15) is 0 Å². The van der Waals surface area contributed by atoms with E-state index in [9.17, 15) is 4.39 Å². The van der Waals surface area contributed by atoms with Crippen molar-refractivity contribution in [2.45, 2.75) is 51.6 Å². The molecule has 1 saturated heterocycles. The second-order valence-electron chi connectivity index (χ2n) is 5.89. The first-order chi connectivity index (χ1) is 10.2. The van der Waals surface area contributed by atoms with Crippen molar-refractivity contribution in [3.05, 3.63) is 35.6 Å². The minimum absolute atomic E-state index is 0.152. The first kappa shape index (κ1) is 16.7. The minimum Gasteiger partial charge on any atom is -0.394 e. The van der Waals surface area contributed by atoms with E-state index in [1.165, 1.54) is 24.8 Å². The predicted molar refractivity (Wildman–Crippen MR) is 86.1 cm³/mol. The molecule has 1 aliphatic heterocycles. The van der Waals surface area contributed by atoms with Crippen molar-refractivity contribution in [3.8, 4) is 0 Å². The monoisotopic (exact) mass is 310 g/mol. The maximum Gasteiger partial charge on any atom is 0.338 e. The topological polar surface area (TPSA) is 18.5 Å². The smallest absolute Gasteiger partial charge is 0.338 e. The van der Waals surface area contributed by atoms with Gasteiger partial charge in [-0.15, -0.1) is 0 Å². The summed E-state index contributed by atoms with van der Waals surface area (Å²) in [7, 11) is -1.89. The summed E-state index contributed by atoms with van der Waals surface area (Å²) in [5.41, 5.74) is 1.24. The Morgan fingerprint density at radius 3 is 2.14 bits per heavy atom. The molecule has 2 nitrogen and oxygen atoms in total. The Bertz CT molecular complexity index is 405. The molecule has 118 valence electrons. The van der Waals surface area contributed by atoms with Gasteiger partial charge in [-0.25, -0.2) is 4.39 Å². The molecule has 1 aromatic carbocycles. The number of halogens is 1. The lowest BCUT2D eigenvalue weighted by atomic mass is 9.94. The fourth-order valence-corrected chi connectivity index (χ4v) is 6.94. The van der Waals surface area contributed by atoms with E-state index >= 15 is 0 Å². The fourth-order valence-electron chi connectivity index (χ4n) is 3.28. The van der Waals surface area contributed by atoms with Gasteiger partial charge < -0.3 is 8.85 Å². The summed E-state index contributed by atoms with van der Waals surface area (Å²) < 4.78 is 24.9. The minimum atomic E-state index is -1.89. The van der Waals surface area contributed by atoms with Crippen molar-refractivity contribution in [1.82, 2.24) is 0 Å². The summed E-state index contributed by atoms with van der Waals surface area (Å²) in [6.07, 6.45) is 4.66. The Labute approximate surface area is 128 Å². The summed E-state index contributed by atoms with van der Waals surface area (Å²) in [5, 5.41) is 0. The van der Waals surface area contributed by atoms with Gasteiger partial charge in [0, 0.05) is 13.2 Å². The van der Waals surface area contributed by atoms with Crippen LogP contribution in [0.4, 0.5) is 4.39 Å². The van der Waals surface area contributed by atoms with Crippen LogP contribution in [0.15, 0.2) is 24.3 Å². The van der Waals surface area contributed by atoms with Crippen molar-refractivity contribution >= 4 is 8.56 Å². The standard InChI is InChI=1S/C17H27FO2Si/c1-3-19-21(20-4-2)13-11-16(12-14-21)6-5-15-7-9-17(18)10-8-15/h7-10,16H,3-6,11-14H2,1-2H3. The molecule has 0 aromatic heterocycles. The molecule has 0 spiro atoms. The van der Waals surface area contributed by atoms with Gasteiger partial charge in [-0.3, -0.25) is 0 Å². The number of rotatable bonds is 7. The highest BCUT2D eigenvalue weighted by atomic mass is 28.4. The molecular formula is C17H27FO2Si. The summed E-state index contributed by atoms with van der Waals surface area (Å²) in [5.74, 6) is 0.609. The van der Waals surface area contributed by atoms with E-state index in [-0.39, 0.29) is 5.82 Å². The van der Waals surface area contributed by atoms with Crippen LogP contribution in [0.25, 0.3) is 0 Å². The van der Waals surface area contributed by atoms with E-state index in [1.807, 2.05) is 12.1 Å². The maximum absolute atomic E-state index is 12.9. The molecular weight excluding hydrogens is 283 g/mol. The normalized spacial score (nSPS) is 18.8.